The molecule has 2 aliphatic rings. The molecule has 6 rings (SSSR count). The highest BCUT2D eigenvalue weighted by atomic mass is 16.5. The molecule has 8 nitrogen and oxygen atoms in total. The number of benzene rings is 2. The predicted molar refractivity (Wildman–Crippen MR) is 127 cm³/mol. The van der Waals surface area contributed by atoms with E-state index in [9.17, 15) is 4.79 Å². The summed E-state index contributed by atoms with van der Waals surface area (Å²) in [5, 5.41) is 8.50. The first-order chi connectivity index (χ1) is 16.6. The zero-order valence-corrected chi connectivity index (χ0v) is 19.3. The van der Waals surface area contributed by atoms with Gasteiger partial charge in [0.1, 0.15) is 5.69 Å². The number of hydrogen-bond acceptors (Lipinski definition) is 6. The van der Waals surface area contributed by atoms with Crippen molar-refractivity contribution in [1.82, 2.24) is 29.9 Å². The van der Waals surface area contributed by atoms with Crippen LogP contribution < -0.4 is 4.74 Å². The molecular weight excluding hydrogens is 428 g/mol. The largest absolute Gasteiger partial charge is 0.476 e. The van der Waals surface area contributed by atoms with Gasteiger partial charge < -0.3 is 9.64 Å². The van der Waals surface area contributed by atoms with Gasteiger partial charge in [0.15, 0.2) is 0 Å². The Morgan fingerprint density at radius 1 is 1.03 bits per heavy atom. The van der Waals surface area contributed by atoms with Crippen molar-refractivity contribution in [3.05, 3.63) is 71.7 Å². The molecule has 4 heterocycles. The van der Waals surface area contributed by atoms with E-state index in [2.05, 4.69) is 25.1 Å². The zero-order chi connectivity index (χ0) is 23.2. The Labute approximate surface area is 197 Å². The highest BCUT2D eigenvalue weighted by Gasteiger charge is 2.49. The second-order valence-corrected chi connectivity index (χ2v) is 9.26. The Morgan fingerprint density at radius 2 is 1.79 bits per heavy atom. The molecule has 3 atom stereocenters. The van der Waals surface area contributed by atoms with E-state index in [0.717, 1.165) is 41.6 Å². The molecule has 2 aliphatic heterocycles. The number of hydrogen-bond donors (Lipinski definition) is 0. The fraction of sp³-hybridized carbons (Fsp3) is 0.346. The molecule has 34 heavy (non-hydrogen) atoms. The smallest absolute Gasteiger partial charge is 0.256 e. The topological polar surface area (TPSA) is 86.0 Å². The van der Waals surface area contributed by atoms with Crippen LogP contribution in [-0.2, 0) is 0 Å². The van der Waals surface area contributed by atoms with Gasteiger partial charge in [0.2, 0.25) is 5.88 Å². The van der Waals surface area contributed by atoms with Crippen LogP contribution in [0.25, 0.3) is 16.7 Å². The number of fused-ring (bicyclic) bond motifs is 3. The summed E-state index contributed by atoms with van der Waals surface area (Å²) in [6, 6.07) is 14.0. The average Bonchev–Trinajstić information content (AvgIpc) is 3.59. The number of aromatic nitrogens is 5. The number of carbonyl (C=O) groups is 1. The molecule has 0 saturated carbocycles. The number of ether oxygens (including phenoxy) is 1. The lowest BCUT2D eigenvalue weighted by Gasteiger charge is -2.25. The lowest BCUT2D eigenvalue weighted by atomic mass is 9.90. The van der Waals surface area contributed by atoms with E-state index in [4.69, 9.17) is 4.74 Å². The normalized spacial score (nSPS) is 21.4. The summed E-state index contributed by atoms with van der Waals surface area (Å²) >= 11 is 0. The van der Waals surface area contributed by atoms with Crippen molar-refractivity contribution in [3.8, 4) is 11.6 Å². The molecule has 0 aliphatic carbocycles. The number of aryl methyl sites for hydroxylation is 2. The van der Waals surface area contributed by atoms with E-state index in [-0.39, 0.29) is 23.9 Å². The second kappa shape index (κ2) is 8.20. The number of amides is 1. The zero-order valence-electron chi connectivity index (χ0n) is 19.3. The molecule has 2 bridgehead atoms. The van der Waals surface area contributed by atoms with Gasteiger partial charge in [0.05, 0.1) is 41.3 Å². The van der Waals surface area contributed by atoms with Gasteiger partial charge in [0, 0.05) is 18.0 Å². The Bertz CT molecular complexity index is 1370. The van der Waals surface area contributed by atoms with Crippen LogP contribution in [0, 0.1) is 19.8 Å². The predicted octanol–water partition coefficient (Wildman–Crippen LogP) is 3.90. The van der Waals surface area contributed by atoms with Crippen LogP contribution in [0.1, 0.15) is 40.9 Å². The molecule has 0 N–H and O–H groups in total. The summed E-state index contributed by atoms with van der Waals surface area (Å²) in [7, 11) is 0. The van der Waals surface area contributed by atoms with Crippen molar-refractivity contribution in [3.63, 3.8) is 0 Å². The first kappa shape index (κ1) is 20.8. The number of nitrogens with zero attached hydrogens (tertiary/aromatic N) is 6. The Balaban J connectivity index is 1.23. The molecular formula is C26H26N6O2. The van der Waals surface area contributed by atoms with Crippen molar-refractivity contribution in [2.75, 3.05) is 6.61 Å². The highest BCUT2D eigenvalue weighted by molar-refractivity contribution is 5.98. The lowest BCUT2D eigenvalue weighted by Crippen LogP contribution is -2.38. The Morgan fingerprint density at radius 3 is 2.59 bits per heavy atom. The van der Waals surface area contributed by atoms with E-state index in [0.29, 0.717) is 23.7 Å². The number of para-hydroxylation sites is 2. The van der Waals surface area contributed by atoms with E-state index in [1.807, 2.05) is 56.3 Å². The molecule has 2 aromatic heterocycles. The quantitative estimate of drug-likeness (QED) is 0.455. The summed E-state index contributed by atoms with van der Waals surface area (Å²) in [6.07, 6.45) is 6.21. The van der Waals surface area contributed by atoms with Crippen molar-refractivity contribution >= 4 is 16.9 Å². The third-order valence-corrected chi connectivity index (χ3v) is 7.05. The first-order valence-electron chi connectivity index (χ1n) is 11.7. The highest BCUT2D eigenvalue weighted by Crippen LogP contribution is 2.43. The van der Waals surface area contributed by atoms with Gasteiger partial charge in [-0.25, -0.2) is 9.97 Å². The molecule has 2 aromatic carbocycles. The number of rotatable bonds is 5. The molecule has 8 heteroatoms. The van der Waals surface area contributed by atoms with Gasteiger partial charge in [-0.1, -0.05) is 23.8 Å². The second-order valence-electron chi connectivity index (χ2n) is 9.26. The summed E-state index contributed by atoms with van der Waals surface area (Å²) in [4.78, 5) is 26.7. The van der Waals surface area contributed by atoms with Gasteiger partial charge >= 0.3 is 0 Å². The minimum atomic E-state index is 0.0488. The first-order valence-corrected chi connectivity index (χ1v) is 11.7. The van der Waals surface area contributed by atoms with Crippen molar-refractivity contribution in [1.29, 1.82) is 0 Å². The maximum Gasteiger partial charge on any atom is 0.256 e. The summed E-state index contributed by atoms with van der Waals surface area (Å²) in [5.74, 6) is 0.893. The fourth-order valence-electron chi connectivity index (χ4n) is 5.48. The number of carbonyl (C=O) groups excluding carboxylic acids is 1. The fourth-order valence-corrected chi connectivity index (χ4v) is 5.48. The summed E-state index contributed by atoms with van der Waals surface area (Å²) in [6.45, 7) is 4.45. The van der Waals surface area contributed by atoms with E-state index >= 15 is 0 Å². The molecule has 1 amide bonds. The molecule has 0 radical (unpaired) electrons. The average molecular weight is 455 g/mol. The van der Waals surface area contributed by atoms with Crippen molar-refractivity contribution < 1.29 is 9.53 Å². The van der Waals surface area contributed by atoms with E-state index in [1.54, 1.807) is 12.4 Å². The van der Waals surface area contributed by atoms with Gasteiger partial charge in [-0.3, -0.25) is 4.79 Å². The molecule has 0 spiro atoms. The Kier molecular flexibility index (Phi) is 5.01. The van der Waals surface area contributed by atoms with Gasteiger partial charge in [-0.2, -0.15) is 15.0 Å². The van der Waals surface area contributed by atoms with Crippen molar-refractivity contribution in [2.24, 2.45) is 5.92 Å². The molecule has 4 aromatic rings. The van der Waals surface area contributed by atoms with Crippen LogP contribution >= 0.6 is 0 Å². The Hall–Kier alpha value is -3.81. The van der Waals surface area contributed by atoms with Crippen LogP contribution in [0.4, 0.5) is 0 Å². The maximum absolute atomic E-state index is 13.8. The van der Waals surface area contributed by atoms with Crippen LogP contribution in [0.5, 0.6) is 5.88 Å². The third kappa shape index (κ3) is 3.50. The van der Waals surface area contributed by atoms with Crippen LogP contribution in [-0.4, -0.2) is 54.5 Å². The third-order valence-electron chi connectivity index (χ3n) is 7.05. The van der Waals surface area contributed by atoms with Crippen LogP contribution in [0.15, 0.2) is 54.9 Å². The molecule has 172 valence electrons. The van der Waals surface area contributed by atoms with E-state index in [1.165, 1.54) is 4.80 Å². The standard InChI is InChI=1S/C26H26N6O2/c1-16-7-9-24(32-27-11-12-28-32)20(13-16)26(33)31-19-8-10-23(31)18(14-19)15-34-25-17(2)29-21-5-3-4-6-22(21)30-25/h3-7,9,11-13,18-19,23H,8,10,14-15H2,1-2H3. The van der Waals surface area contributed by atoms with Crippen LogP contribution in [0.2, 0.25) is 0 Å². The minimum absolute atomic E-state index is 0.0488. The van der Waals surface area contributed by atoms with Gasteiger partial charge in [-0.15, -0.1) is 0 Å². The van der Waals surface area contributed by atoms with E-state index < -0.39 is 0 Å². The summed E-state index contributed by atoms with van der Waals surface area (Å²) < 4.78 is 6.18. The van der Waals surface area contributed by atoms with Crippen molar-refractivity contribution in [2.45, 2.75) is 45.2 Å². The molecule has 2 fully saturated rings. The SMILES string of the molecule is Cc1ccc(-n2nccn2)c(C(=O)N2C3CCC2C(COc2nc4ccccc4nc2C)C3)c1. The monoisotopic (exact) mass is 454 g/mol. The lowest BCUT2D eigenvalue weighted by molar-refractivity contribution is 0.0709. The van der Waals surface area contributed by atoms with Gasteiger partial charge in [-0.05, 0) is 57.4 Å². The molecule has 3 unspecified atom stereocenters. The molecule has 2 saturated heterocycles. The minimum Gasteiger partial charge on any atom is -0.476 e. The van der Waals surface area contributed by atoms with Gasteiger partial charge in [0.25, 0.3) is 5.91 Å². The summed E-state index contributed by atoms with van der Waals surface area (Å²) in [5.41, 5.74) is 4.87. The van der Waals surface area contributed by atoms with Crippen LogP contribution in [0.3, 0.4) is 0 Å². The maximum atomic E-state index is 13.8.